The van der Waals surface area contributed by atoms with Crippen LogP contribution in [0.4, 0.5) is 0 Å². The minimum absolute atomic E-state index is 0.134. The van der Waals surface area contributed by atoms with Crippen LogP contribution in [0, 0.1) is 0 Å². The second-order valence-electron chi connectivity index (χ2n) is 9.96. The molecule has 7 nitrogen and oxygen atoms in total. The van der Waals surface area contributed by atoms with Gasteiger partial charge in [0.2, 0.25) is 0 Å². The Kier molecular flexibility index (Phi) is 8.22. The summed E-state index contributed by atoms with van der Waals surface area (Å²) in [6.45, 7) is 7.72. The van der Waals surface area contributed by atoms with E-state index >= 15 is 0 Å². The number of ether oxygens (including phenoxy) is 3. The minimum Gasteiger partial charge on any atom is -0.490 e. The predicted molar refractivity (Wildman–Crippen MR) is 123 cm³/mol. The molecule has 1 heterocycles. The van der Waals surface area contributed by atoms with Crippen LogP contribution >= 0.6 is 0 Å². The van der Waals surface area contributed by atoms with Crippen LogP contribution in [-0.2, 0) is 24.1 Å². The molecule has 2 fully saturated rings. The smallest absolute Gasteiger partial charge is 0.320 e. The maximum absolute atomic E-state index is 12.0. The summed E-state index contributed by atoms with van der Waals surface area (Å²) in [5.41, 5.74) is -0.444. The van der Waals surface area contributed by atoms with Gasteiger partial charge in [-0.25, -0.2) is 8.42 Å². The Bertz CT molecular complexity index is 845. The molecule has 0 aromatic heterocycles. The summed E-state index contributed by atoms with van der Waals surface area (Å²) in [5.74, 6) is 0.542. The first-order chi connectivity index (χ1) is 15.0. The molecule has 32 heavy (non-hydrogen) atoms. The Hall–Kier alpha value is -1.64. The average Bonchev–Trinajstić information content (AvgIpc) is 2.69. The van der Waals surface area contributed by atoms with Crippen LogP contribution in [0.3, 0.4) is 0 Å². The van der Waals surface area contributed by atoms with Crippen molar-refractivity contribution in [3.63, 3.8) is 0 Å². The number of nitrogens with zero attached hydrogens (tertiary/aromatic N) is 1. The Morgan fingerprint density at radius 2 is 1.47 bits per heavy atom. The van der Waals surface area contributed by atoms with Gasteiger partial charge in [-0.15, -0.1) is 0 Å². The van der Waals surface area contributed by atoms with E-state index in [0.29, 0.717) is 17.2 Å². The van der Waals surface area contributed by atoms with Crippen molar-refractivity contribution in [2.75, 3.05) is 25.9 Å². The van der Waals surface area contributed by atoms with Crippen molar-refractivity contribution >= 4 is 15.8 Å². The molecule has 1 aromatic rings. The van der Waals surface area contributed by atoms with Gasteiger partial charge < -0.3 is 14.2 Å². The molecule has 1 saturated carbocycles. The highest BCUT2D eigenvalue weighted by Crippen LogP contribution is 2.28. The number of carbonyl (C=O) groups is 1. The highest BCUT2D eigenvalue weighted by atomic mass is 32.2. The van der Waals surface area contributed by atoms with Gasteiger partial charge in [0, 0.05) is 19.3 Å². The first-order valence-corrected chi connectivity index (χ1v) is 13.4. The number of benzene rings is 1. The maximum Gasteiger partial charge on any atom is 0.320 e. The summed E-state index contributed by atoms with van der Waals surface area (Å²) in [6, 6.07) is 6.64. The van der Waals surface area contributed by atoms with Gasteiger partial charge in [-0.1, -0.05) is 0 Å². The lowest BCUT2D eigenvalue weighted by atomic mass is 9.94. The van der Waals surface area contributed by atoms with E-state index in [1.165, 1.54) is 6.26 Å². The highest BCUT2D eigenvalue weighted by Gasteiger charge is 2.28. The molecule has 1 aliphatic carbocycles. The normalized spacial score (nSPS) is 23.6. The molecule has 8 heteroatoms. The van der Waals surface area contributed by atoms with Crippen molar-refractivity contribution in [1.29, 1.82) is 0 Å². The van der Waals surface area contributed by atoms with E-state index in [4.69, 9.17) is 14.2 Å². The zero-order valence-corrected chi connectivity index (χ0v) is 20.5. The van der Waals surface area contributed by atoms with Gasteiger partial charge in [0.05, 0.1) is 29.8 Å². The molecule has 0 N–H and O–H groups in total. The van der Waals surface area contributed by atoms with Crippen molar-refractivity contribution < 1.29 is 27.4 Å². The molecular weight excluding hydrogens is 430 g/mol. The number of hydrogen-bond donors (Lipinski definition) is 0. The third kappa shape index (κ3) is 8.05. The largest absolute Gasteiger partial charge is 0.490 e. The highest BCUT2D eigenvalue weighted by molar-refractivity contribution is 7.90. The molecule has 1 saturated heterocycles. The quantitative estimate of drug-likeness (QED) is 0.567. The van der Waals surface area contributed by atoms with Crippen LogP contribution in [0.15, 0.2) is 29.2 Å². The fraction of sp³-hybridized carbons (Fsp3) is 0.708. The summed E-state index contributed by atoms with van der Waals surface area (Å²) >= 11 is 0. The molecule has 3 rings (SSSR count). The van der Waals surface area contributed by atoms with Gasteiger partial charge >= 0.3 is 5.97 Å². The van der Waals surface area contributed by atoms with Gasteiger partial charge in [0.1, 0.15) is 11.4 Å². The Morgan fingerprint density at radius 3 is 2.00 bits per heavy atom. The Balaban J connectivity index is 1.35. The first kappa shape index (κ1) is 25.0. The van der Waals surface area contributed by atoms with E-state index in [0.717, 1.165) is 51.6 Å². The van der Waals surface area contributed by atoms with Crippen LogP contribution in [0.5, 0.6) is 5.75 Å². The molecule has 0 unspecified atom stereocenters. The monoisotopic (exact) mass is 467 g/mol. The van der Waals surface area contributed by atoms with Crippen LogP contribution in [0.1, 0.15) is 59.3 Å². The number of esters is 1. The molecule has 0 amide bonds. The van der Waals surface area contributed by atoms with E-state index in [1.807, 2.05) is 20.8 Å². The molecule has 180 valence electrons. The average molecular weight is 468 g/mol. The van der Waals surface area contributed by atoms with E-state index in [1.54, 1.807) is 24.3 Å². The number of piperidine rings is 1. The van der Waals surface area contributed by atoms with E-state index in [9.17, 15) is 13.2 Å². The Labute approximate surface area is 192 Å². The standard InChI is InChI=1S/C24H37NO6S/c1-24(2,3)31-23(26)17-25-15-13-21(14-16-25)30-19-7-5-18(6-8-19)29-20-9-11-22(12-10-20)32(4,27)28/h9-12,18-19,21H,5-8,13-17H2,1-4H3/t18-,19-. The second-order valence-corrected chi connectivity index (χ2v) is 12.0. The van der Waals surface area contributed by atoms with Gasteiger partial charge in [-0.05, 0) is 83.6 Å². The third-order valence-electron chi connectivity index (χ3n) is 5.87. The molecule has 2 aliphatic rings. The molecule has 1 aliphatic heterocycles. The maximum atomic E-state index is 12.0. The number of hydrogen-bond acceptors (Lipinski definition) is 7. The van der Waals surface area contributed by atoms with E-state index in [-0.39, 0.29) is 24.3 Å². The number of rotatable bonds is 7. The predicted octanol–water partition coefficient (Wildman–Crippen LogP) is 3.60. The second kappa shape index (κ2) is 10.5. The summed E-state index contributed by atoms with van der Waals surface area (Å²) in [5, 5.41) is 0. The van der Waals surface area contributed by atoms with Crippen LogP contribution < -0.4 is 4.74 Å². The zero-order valence-electron chi connectivity index (χ0n) is 19.7. The van der Waals surface area contributed by atoms with Gasteiger partial charge in [0.15, 0.2) is 9.84 Å². The SMILES string of the molecule is CC(C)(C)OC(=O)CN1CCC(O[C@H]2CC[C@H](Oc3ccc(S(C)(=O)=O)cc3)CC2)CC1. The summed E-state index contributed by atoms with van der Waals surface area (Å²) in [7, 11) is -3.19. The topological polar surface area (TPSA) is 82.1 Å². The van der Waals surface area contributed by atoms with E-state index in [2.05, 4.69) is 4.90 Å². The zero-order chi connectivity index (χ0) is 23.4. The van der Waals surface area contributed by atoms with Crippen LogP contribution in [0.25, 0.3) is 0 Å². The van der Waals surface area contributed by atoms with Crippen molar-refractivity contribution in [2.24, 2.45) is 0 Å². The summed E-state index contributed by atoms with van der Waals surface area (Å²) in [4.78, 5) is 14.5. The third-order valence-corrected chi connectivity index (χ3v) is 7.00. The number of carbonyl (C=O) groups excluding carboxylic acids is 1. The van der Waals surface area contributed by atoms with Gasteiger partial charge in [-0.2, -0.15) is 0 Å². The lowest BCUT2D eigenvalue weighted by Crippen LogP contribution is -2.42. The van der Waals surface area contributed by atoms with Crippen LogP contribution in [0.2, 0.25) is 0 Å². The minimum atomic E-state index is -3.19. The van der Waals surface area contributed by atoms with Crippen molar-refractivity contribution in [3.05, 3.63) is 24.3 Å². The first-order valence-electron chi connectivity index (χ1n) is 11.5. The molecule has 0 atom stereocenters. The van der Waals surface area contributed by atoms with Gasteiger partial charge in [0.25, 0.3) is 0 Å². The molecular formula is C24H37NO6S. The van der Waals surface area contributed by atoms with E-state index < -0.39 is 15.4 Å². The molecule has 0 radical (unpaired) electrons. The molecule has 0 spiro atoms. The van der Waals surface area contributed by atoms with Gasteiger partial charge in [-0.3, -0.25) is 9.69 Å². The van der Waals surface area contributed by atoms with Crippen LogP contribution in [-0.4, -0.2) is 69.1 Å². The molecule has 1 aromatic carbocycles. The van der Waals surface area contributed by atoms with Crippen molar-refractivity contribution in [2.45, 2.75) is 88.1 Å². The Morgan fingerprint density at radius 1 is 0.938 bits per heavy atom. The summed E-state index contributed by atoms with van der Waals surface area (Å²) in [6.07, 6.45) is 7.49. The molecule has 0 bridgehead atoms. The lowest BCUT2D eigenvalue weighted by molar-refractivity contribution is -0.157. The summed E-state index contributed by atoms with van der Waals surface area (Å²) < 4.78 is 41.0. The fourth-order valence-corrected chi connectivity index (χ4v) is 4.91. The fourth-order valence-electron chi connectivity index (χ4n) is 4.28. The lowest BCUT2D eigenvalue weighted by Gasteiger charge is -2.36. The van der Waals surface area contributed by atoms with Crippen molar-refractivity contribution in [1.82, 2.24) is 4.90 Å². The number of likely N-dealkylation sites (tertiary alicyclic amines) is 1. The number of sulfone groups is 1. The van der Waals surface area contributed by atoms with Crippen molar-refractivity contribution in [3.8, 4) is 5.75 Å².